The third-order valence-electron chi connectivity index (χ3n) is 1.77. The predicted molar refractivity (Wildman–Crippen MR) is 50.1 cm³/mol. The summed E-state index contributed by atoms with van der Waals surface area (Å²) in [4.78, 5) is 10.8. The molecule has 4 heteroatoms. The number of amides is 1. The smallest absolute Gasteiger partial charge is 0.219 e. The molecule has 0 radical (unpaired) electrons. The maximum absolute atomic E-state index is 10.8. The van der Waals surface area contributed by atoms with E-state index in [9.17, 15) is 4.79 Å². The Hall–Kier alpha value is -1.32. The van der Waals surface area contributed by atoms with Gasteiger partial charge in [0.15, 0.2) is 0 Å². The molecule has 0 unspecified atom stereocenters. The molecule has 0 aliphatic carbocycles. The van der Waals surface area contributed by atoms with Gasteiger partial charge in [0.2, 0.25) is 5.91 Å². The van der Waals surface area contributed by atoms with Gasteiger partial charge in [0.1, 0.15) is 0 Å². The molecule has 0 saturated heterocycles. The van der Waals surface area contributed by atoms with E-state index in [0.717, 1.165) is 19.5 Å². The van der Waals surface area contributed by atoms with E-state index in [1.807, 2.05) is 23.9 Å². The van der Waals surface area contributed by atoms with Gasteiger partial charge in [0, 0.05) is 31.9 Å². The van der Waals surface area contributed by atoms with Crippen LogP contribution in [0, 0.1) is 0 Å². The monoisotopic (exact) mass is 181 g/mol. The molecule has 0 aromatic carbocycles. The normalized spacial score (nSPS) is 9.92. The average molecular weight is 181 g/mol. The molecule has 1 rings (SSSR count). The van der Waals surface area contributed by atoms with Gasteiger partial charge in [-0.25, -0.2) is 0 Å². The predicted octanol–water partition coefficient (Wildman–Crippen LogP) is 0.799. The van der Waals surface area contributed by atoms with Crippen molar-refractivity contribution in [1.29, 1.82) is 0 Å². The number of aromatic nitrogens is 2. The van der Waals surface area contributed by atoms with Crippen LogP contribution in [0.5, 0.6) is 0 Å². The van der Waals surface area contributed by atoms with Crippen LogP contribution in [0.2, 0.25) is 0 Å². The van der Waals surface area contributed by atoms with E-state index in [2.05, 4.69) is 10.4 Å². The molecular weight excluding hydrogens is 166 g/mol. The van der Waals surface area contributed by atoms with Gasteiger partial charge < -0.3 is 5.32 Å². The van der Waals surface area contributed by atoms with Gasteiger partial charge in [-0.2, -0.15) is 5.10 Å². The summed E-state index contributed by atoms with van der Waals surface area (Å²) in [6, 6.07) is 1.89. The molecule has 1 heterocycles. The molecule has 1 aromatic rings. The summed E-state index contributed by atoms with van der Waals surface area (Å²) < 4.78 is 1.86. The summed E-state index contributed by atoms with van der Waals surface area (Å²) in [5.74, 6) is 0.112. The zero-order chi connectivity index (χ0) is 9.52. The maximum atomic E-state index is 10.8. The molecule has 13 heavy (non-hydrogen) atoms. The van der Waals surface area contributed by atoms with Gasteiger partial charge in [-0.1, -0.05) is 6.92 Å². The van der Waals surface area contributed by atoms with Crippen LogP contribution in [0.1, 0.15) is 19.8 Å². The molecule has 72 valence electrons. The SMILES string of the molecule is CCC(=O)NCCCn1cccn1. The van der Waals surface area contributed by atoms with Gasteiger partial charge in [0.05, 0.1) is 0 Å². The van der Waals surface area contributed by atoms with E-state index in [-0.39, 0.29) is 5.91 Å². The zero-order valence-corrected chi connectivity index (χ0v) is 7.86. The topological polar surface area (TPSA) is 46.9 Å². The molecule has 0 aliphatic heterocycles. The Morgan fingerprint density at radius 2 is 2.46 bits per heavy atom. The Bertz CT molecular complexity index is 243. The minimum atomic E-state index is 0.112. The molecule has 4 nitrogen and oxygen atoms in total. The van der Waals surface area contributed by atoms with Gasteiger partial charge in [-0.15, -0.1) is 0 Å². The summed E-state index contributed by atoms with van der Waals surface area (Å²) in [7, 11) is 0. The van der Waals surface area contributed by atoms with Crippen LogP contribution in [0.25, 0.3) is 0 Å². The van der Waals surface area contributed by atoms with Crippen molar-refractivity contribution < 1.29 is 4.79 Å². The van der Waals surface area contributed by atoms with Gasteiger partial charge in [0.25, 0.3) is 0 Å². The number of nitrogens with one attached hydrogen (secondary N) is 1. The third kappa shape index (κ3) is 3.73. The first-order chi connectivity index (χ1) is 6.33. The van der Waals surface area contributed by atoms with Crippen LogP contribution < -0.4 is 5.32 Å². The Kier molecular flexibility index (Phi) is 4.02. The second-order valence-electron chi connectivity index (χ2n) is 2.83. The van der Waals surface area contributed by atoms with E-state index in [1.54, 1.807) is 6.20 Å². The van der Waals surface area contributed by atoms with Crippen LogP contribution in [0.15, 0.2) is 18.5 Å². The fourth-order valence-corrected chi connectivity index (χ4v) is 1.03. The highest BCUT2D eigenvalue weighted by atomic mass is 16.1. The lowest BCUT2D eigenvalue weighted by molar-refractivity contribution is -0.120. The molecule has 0 aliphatic rings. The van der Waals surface area contributed by atoms with Crippen molar-refractivity contribution in [2.45, 2.75) is 26.3 Å². The second kappa shape index (κ2) is 5.35. The van der Waals surface area contributed by atoms with Crippen molar-refractivity contribution in [3.05, 3.63) is 18.5 Å². The minimum absolute atomic E-state index is 0.112. The highest BCUT2D eigenvalue weighted by Crippen LogP contribution is 1.88. The quantitative estimate of drug-likeness (QED) is 0.683. The number of aryl methyl sites for hydroxylation is 1. The number of carbonyl (C=O) groups is 1. The number of hydrogen-bond acceptors (Lipinski definition) is 2. The molecule has 0 spiro atoms. The van der Waals surface area contributed by atoms with E-state index in [0.29, 0.717) is 6.42 Å². The number of hydrogen-bond donors (Lipinski definition) is 1. The van der Waals surface area contributed by atoms with Crippen LogP contribution in [-0.2, 0) is 11.3 Å². The number of carbonyl (C=O) groups excluding carboxylic acids is 1. The zero-order valence-electron chi connectivity index (χ0n) is 7.86. The van der Waals surface area contributed by atoms with Crippen LogP contribution >= 0.6 is 0 Å². The van der Waals surface area contributed by atoms with E-state index in [1.165, 1.54) is 0 Å². The van der Waals surface area contributed by atoms with Crippen molar-refractivity contribution in [2.24, 2.45) is 0 Å². The first-order valence-electron chi connectivity index (χ1n) is 4.57. The van der Waals surface area contributed by atoms with Crippen LogP contribution in [-0.4, -0.2) is 22.2 Å². The summed E-state index contributed by atoms with van der Waals surface area (Å²) >= 11 is 0. The molecule has 1 aromatic heterocycles. The molecule has 1 amide bonds. The van der Waals surface area contributed by atoms with Crippen molar-refractivity contribution in [3.8, 4) is 0 Å². The highest BCUT2D eigenvalue weighted by Gasteiger charge is 1.95. The fraction of sp³-hybridized carbons (Fsp3) is 0.556. The van der Waals surface area contributed by atoms with Crippen LogP contribution in [0.3, 0.4) is 0 Å². The maximum Gasteiger partial charge on any atom is 0.219 e. The number of rotatable bonds is 5. The van der Waals surface area contributed by atoms with Crippen molar-refractivity contribution in [1.82, 2.24) is 15.1 Å². The molecule has 0 atom stereocenters. The molecule has 0 fully saturated rings. The van der Waals surface area contributed by atoms with E-state index < -0.39 is 0 Å². The first-order valence-corrected chi connectivity index (χ1v) is 4.57. The summed E-state index contributed by atoms with van der Waals surface area (Å²) in [6.45, 7) is 3.44. The van der Waals surface area contributed by atoms with E-state index >= 15 is 0 Å². The van der Waals surface area contributed by atoms with Gasteiger partial charge in [-0.3, -0.25) is 9.48 Å². The average Bonchev–Trinajstić information content (AvgIpc) is 2.64. The lowest BCUT2D eigenvalue weighted by Crippen LogP contribution is -2.24. The molecule has 0 bridgehead atoms. The standard InChI is InChI=1S/C9H15N3O/c1-2-9(13)10-5-3-7-12-8-4-6-11-12/h4,6,8H,2-3,5,7H2,1H3,(H,10,13). The Morgan fingerprint density at radius 3 is 3.08 bits per heavy atom. The number of nitrogens with zero attached hydrogens (tertiary/aromatic N) is 2. The first kappa shape index (κ1) is 9.77. The Morgan fingerprint density at radius 1 is 1.62 bits per heavy atom. The summed E-state index contributed by atoms with van der Waals surface area (Å²) in [5.41, 5.74) is 0. The summed E-state index contributed by atoms with van der Waals surface area (Å²) in [6.07, 6.45) is 5.15. The Balaban J connectivity index is 2.05. The van der Waals surface area contributed by atoms with Crippen molar-refractivity contribution >= 4 is 5.91 Å². The van der Waals surface area contributed by atoms with Crippen LogP contribution in [0.4, 0.5) is 0 Å². The fourth-order valence-electron chi connectivity index (χ4n) is 1.03. The Labute approximate surface area is 77.9 Å². The van der Waals surface area contributed by atoms with E-state index in [4.69, 9.17) is 0 Å². The van der Waals surface area contributed by atoms with Crippen molar-refractivity contribution in [2.75, 3.05) is 6.54 Å². The molecule has 1 N–H and O–H groups in total. The third-order valence-corrected chi connectivity index (χ3v) is 1.77. The minimum Gasteiger partial charge on any atom is -0.356 e. The molecule has 0 saturated carbocycles. The van der Waals surface area contributed by atoms with Gasteiger partial charge in [-0.05, 0) is 12.5 Å². The lowest BCUT2D eigenvalue weighted by Gasteiger charge is -2.03. The van der Waals surface area contributed by atoms with Gasteiger partial charge >= 0.3 is 0 Å². The molecular formula is C9H15N3O. The van der Waals surface area contributed by atoms with Crippen molar-refractivity contribution in [3.63, 3.8) is 0 Å². The lowest BCUT2D eigenvalue weighted by atomic mass is 10.4. The second-order valence-corrected chi connectivity index (χ2v) is 2.83. The highest BCUT2D eigenvalue weighted by molar-refractivity contribution is 5.75. The summed E-state index contributed by atoms with van der Waals surface area (Å²) in [5, 5.41) is 6.87. The largest absolute Gasteiger partial charge is 0.356 e.